The Hall–Kier alpha value is -0.450. The predicted molar refractivity (Wildman–Crippen MR) is 78.1 cm³/mol. The Morgan fingerprint density at radius 1 is 1.33 bits per heavy atom. The van der Waals surface area contributed by atoms with Crippen LogP contribution in [0.3, 0.4) is 0 Å². The molecule has 1 aliphatic rings. The van der Waals surface area contributed by atoms with Gasteiger partial charge in [0.2, 0.25) is 0 Å². The third-order valence-corrected chi connectivity index (χ3v) is 5.03. The van der Waals surface area contributed by atoms with E-state index in [-0.39, 0.29) is 0 Å². The summed E-state index contributed by atoms with van der Waals surface area (Å²) in [4.78, 5) is 4.47. The van der Waals surface area contributed by atoms with Crippen molar-refractivity contribution < 1.29 is 0 Å². The molecule has 1 saturated carbocycles. The van der Waals surface area contributed by atoms with Gasteiger partial charge in [0.05, 0.1) is 0 Å². The molecule has 3 nitrogen and oxygen atoms in total. The fourth-order valence-electron chi connectivity index (χ4n) is 2.86. The summed E-state index contributed by atoms with van der Waals surface area (Å²) in [7, 11) is 2.12. The quantitative estimate of drug-likeness (QED) is 0.778. The van der Waals surface area contributed by atoms with E-state index in [0.29, 0.717) is 5.54 Å². The van der Waals surface area contributed by atoms with Gasteiger partial charge in [-0.05, 0) is 39.8 Å². The first-order valence-electron chi connectivity index (χ1n) is 7.05. The van der Waals surface area contributed by atoms with Gasteiger partial charge in [0, 0.05) is 23.2 Å². The maximum atomic E-state index is 4.47. The van der Waals surface area contributed by atoms with E-state index in [1.54, 1.807) is 11.3 Å². The minimum absolute atomic E-state index is 0.393. The van der Waals surface area contributed by atoms with Crippen molar-refractivity contribution in [3.8, 4) is 0 Å². The molecule has 0 aromatic carbocycles. The summed E-state index contributed by atoms with van der Waals surface area (Å²) >= 11 is 1.75. The molecule has 0 atom stereocenters. The lowest BCUT2D eigenvalue weighted by Crippen LogP contribution is -2.46. The molecular weight excluding hydrogens is 242 g/mol. The Morgan fingerprint density at radius 3 is 2.72 bits per heavy atom. The zero-order chi connectivity index (χ0) is 12.8. The first-order valence-corrected chi connectivity index (χ1v) is 7.93. The van der Waals surface area contributed by atoms with Gasteiger partial charge in [0.1, 0.15) is 5.01 Å². The summed E-state index contributed by atoms with van der Waals surface area (Å²) < 4.78 is 0. The van der Waals surface area contributed by atoms with Gasteiger partial charge < -0.3 is 10.6 Å². The number of aromatic nitrogens is 1. The van der Waals surface area contributed by atoms with Crippen LogP contribution in [0.2, 0.25) is 0 Å². The lowest BCUT2D eigenvalue weighted by atomic mass is 9.79. The highest BCUT2D eigenvalue weighted by Gasteiger charge is 2.29. The molecule has 4 heteroatoms. The molecule has 0 aliphatic heterocycles. The van der Waals surface area contributed by atoms with E-state index in [2.05, 4.69) is 35.0 Å². The Labute approximate surface area is 114 Å². The Kier molecular flexibility index (Phi) is 5.15. The molecule has 1 aromatic rings. The monoisotopic (exact) mass is 267 g/mol. The van der Waals surface area contributed by atoms with Crippen molar-refractivity contribution in [1.29, 1.82) is 0 Å². The highest BCUT2D eigenvalue weighted by atomic mass is 32.1. The van der Waals surface area contributed by atoms with Crippen LogP contribution in [0.1, 0.15) is 49.2 Å². The van der Waals surface area contributed by atoms with Crippen LogP contribution in [0.5, 0.6) is 0 Å². The molecule has 0 radical (unpaired) electrons. The van der Waals surface area contributed by atoms with Gasteiger partial charge in [0.25, 0.3) is 0 Å². The second-order valence-corrected chi connectivity index (χ2v) is 6.34. The van der Waals surface area contributed by atoms with Crippen molar-refractivity contribution in [3.05, 3.63) is 16.1 Å². The SMILES string of the molecule is CNC1(CCNCc2nc(C)cs2)CCCCC1. The topological polar surface area (TPSA) is 37.0 Å². The van der Waals surface area contributed by atoms with Crippen LogP contribution < -0.4 is 10.6 Å². The average Bonchev–Trinajstić information content (AvgIpc) is 2.82. The van der Waals surface area contributed by atoms with Crippen molar-refractivity contribution in [1.82, 2.24) is 15.6 Å². The average molecular weight is 267 g/mol. The fourth-order valence-corrected chi connectivity index (χ4v) is 3.60. The first kappa shape index (κ1) is 14.0. The minimum atomic E-state index is 0.393. The van der Waals surface area contributed by atoms with E-state index in [1.165, 1.54) is 43.5 Å². The van der Waals surface area contributed by atoms with Gasteiger partial charge >= 0.3 is 0 Å². The number of hydrogen-bond donors (Lipinski definition) is 2. The van der Waals surface area contributed by atoms with Gasteiger partial charge in [-0.3, -0.25) is 0 Å². The molecule has 1 fully saturated rings. The van der Waals surface area contributed by atoms with Gasteiger partial charge in [-0.15, -0.1) is 11.3 Å². The van der Waals surface area contributed by atoms with E-state index in [9.17, 15) is 0 Å². The largest absolute Gasteiger partial charge is 0.314 e. The maximum Gasteiger partial charge on any atom is 0.107 e. The molecule has 102 valence electrons. The van der Waals surface area contributed by atoms with Crippen LogP contribution in [0, 0.1) is 6.92 Å². The molecule has 0 saturated heterocycles. The Balaban J connectivity index is 1.70. The van der Waals surface area contributed by atoms with Crippen molar-refractivity contribution >= 4 is 11.3 Å². The van der Waals surface area contributed by atoms with Gasteiger partial charge in [-0.2, -0.15) is 0 Å². The molecule has 1 heterocycles. The summed E-state index contributed by atoms with van der Waals surface area (Å²) in [6.07, 6.45) is 8.07. The molecule has 1 aliphatic carbocycles. The third-order valence-electron chi connectivity index (χ3n) is 4.06. The number of aryl methyl sites for hydroxylation is 1. The standard InChI is InChI=1S/C14H25N3S/c1-12-11-18-13(17-12)10-16-9-8-14(15-2)6-4-3-5-7-14/h11,15-16H,3-10H2,1-2H3. The van der Waals surface area contributed by atoms with Crippen LogP contribution in [0.25, 0.3) is 0 Å². The molecule has 18 heavy (non-hydrogen) atoms. The van der Waals surface area contributed by atoms with Crippen molar-refractivity contribution in [2.24, 2.45) is 0 Å². The van der Waals surface area contributed by atoms with Crippen molar-refractivity contribution in [2.45, 2.75) is 57.5 Å². The number of nitrogens with zero attached hydrogens (tertiary/aromatic N) is 1. The van der Waals surface area contributed by atoms with Gasteiger partial charge in [-0.1, -0.05) is 19.3 Å². The lowest BCUT2D eigenvalue weighted by Gasteiger charge is -2.37. The smallest absolute Gasteiger partial charge is 0.107 e. The highest BCUT2D eigenvalue weighted by Crippen LogP contribution is 2.30. The zero-order valence-corrected chi connectivity index (χ0v) is 12.4. The van der Waals surface area contributed by atoms with Crippen molar-refractivity contribution in [3.63, 3.8) is 0 Å². The molecule has 0 spiro atoms. The molecule has 2 N–H and O–H groups in total. The minimum Gasteiger partial charge on any atom is -0.314 e. The van der Waals surface area contributed by atoms with E-state index < -0.39 is 0 Å². The summed E-state index contributed by atoms with van der Waals surface area (Å²) in [5.74, 6) is 0. The van der Waals surface area contributed by atoms with E-state index in [0.717, 1.165) is 18.8 Å². The molecule has 0 bridgehead atoms. The zero-order valence-electron chi connectivity index (χ0n) is 11.6. The summed E-state index contributed by atoms with van der Waals surface area (Å²) in [6, 6.07) is 0. The predicted octanol–water partition coefficient (Wildman–Crippen LogP) is 2.85. The van der Waals surface area contributed by atoms with Crippen LogP contribution in [0.4, 0.5) is 0 Å². The number of rotatable bonds is 6. The summed E-state index contributed by atoms with van der Waals surface area (Å²) in [5.41, 5.74) is 1.53. The lowest BCUT2D eigenvalue weighted by molar-refractivity contribution is 0.228. The van der Waals surface area contributed by atoms with E-state index in [4.69, 9.17) is 0 Å². The second kappa shape index (κ2) is 6.64. The third kappa shape index (κ3) is 3.77. The van der Waals surface area contributed by atoms with Crippen LogP contribution in [-0.4, -0.2) is 24.1 Å². The van der Waals surface area contributed by atoms with Gasteiger partial charge in [0.15, 0.2) is 0 Å². The molecule has 2 rings (SSSR count). The molecular formula is C14H25N3S. The van der Waals surface area contributed by atoms with Crippen LogP contribution in [-0.2, 0) is 6.54 Å². The van der Waals surface area contributed by atoms with Crippen molar-refractivity contribution in [2.75, 3.05) is 13.6 Å². The maximum absolute atomic E-state index is 4.47. The first-order chi connectivity index (χ1) is 8.74. The van der Waals surface area contributed by atoms with Crippen LogP contribution in [0.15, 0.2) is 5.38 Å². The Morgan fingerprint density at radius 2 is 2.11 bits per heavy atom. The molecule has 1 aromatic heterocycles. The normalized spacial score (nSPS) is 19.0. The number of thiazole rings is 1. The van der Waals surface area contributed by atoms with Crippen LogP contribution >= 0.6 is 11.3 Å². The molecule has 0 amide bonds. The Bertz CT molecular complexity index is 356. The highest BCUT2D eigenvalue weighted by molar-refractivity contribution is 7.09. The number of nitrogens with one attached hydrogen (secondary N) is 2. The number of hydrogen-bond acceptors (Lipinski definition) is 4. The summed E-state index contributed by atoms with van der Waals surface area (Å²) in [6.45, 7) is 4.05. The van der Waals surface area contributed by atoms with E-state index >= 15 is 0 Å². The van der Waals surface area contributed by atoms with Gasteiger partial charge in [-0.25, -0.2) is 4.98 Å². The second-order valence-electron chi connectivity index (χ2n) is 5.40. The van der Waals surface area contributed by atoms with E-state index in [1.807, 2.05) is 0 Å². The summed E-state index contributed by atoms with van der Waals surface area (Å²) in [5, 5.41) is 10.4. The molecule has 0 unspecified atom stereocenters. The fraction of sp³-hybridized carbons (Fsp3) is 0.786.